The van der Waals surface area contributed by atoms with Gasteiger partial charge in [-0.3, -0.25) is 0 Å². The van der Waals surface area contributed by atoms with Crippen LogP contribution in [-0.2, 0) is 0 Å². The minimum absolute atomic E-state index is 0. The Bertz CT molecular complexity index is 156. The first-order valence-corrected chi connectivity index (χ1v) is 4.05. The number of allylic oxidation sites excluding steroid dienone is 4. The normalized spacial score (nSPS) is 30.9. The zero-order valence-corrected chi connectivity index (χ0v) is 7.35. The molecule has 0 saturated heterocycles. The second-order valence-electron chi connectivity index (χ2n) is 2.63. The molecule has 2 atom stereocenters. The van der Waals surface area contributed by atoms with Gasteiger partial charge in [-0.25, -0.2) is 0 Å². The molecule has 2 unspecified atom stereocenters. The number of hydrogen-bond donors (Lipinski definition) is 0. The van der Waals surface area contributed by atoms with Gasteiger partial charge >= 0.3 is 0 Å². The van der Waals surface area contributed by atoms with Crippen LogP contribution in [0.25, 0.3) is 0 Å². The Labute approximate surface area is 72.1 Å². The summed E-state index contributed by atoms with van der Waals surface area (Å²) in [6.45, 7) is 4.46. The fraction of sp³-hybridized carbons (Fsp3) is 0.556. The number of rotatable bonds is 0. The van der Waals surface area contributed by atoms with Gasteiger partial charge < -0.3 is 0 Å². The molecule has 1 aliphatic carbocycles. The van der Waals surface area contributed by atoms with Crippen molar-refractivity contribution >= 4 is 15.9 Å². The Morgan fingerprint density at radius 2 is 1.90 bits per heavy atom. The van der Waals surface area contributed by atoms with Gasteiger partial charge in [0, 0.05) is 4.48 Å². The zero-order valence-electron chi connectivity index (χ0n) is 5.76. The minimum Gasteiger partial charge on any atom is -0.0800 e. The van der Waals surface area contributed by atoms with Crippen LogP contribution in [0, 0.1) is 11.8 Å². The summed E-state index contributed by atoms with van der Waals surface area (Å²) in [6, 6.07) is 0. The summed E-state index contributed by atoms with van der Waals surface area (Å²) < 4.78 is 1.22. The van der Waals surface area contributed by atoms with Crippen LogP contribution in [0.2, 0.25) is 0 Å². The standard InChI is InChI=1S/C8H11Br.CH4/c1-6-3-4-8(9)5-7(6)2;/h3-7H,1-2H3;1H4. The van der Waals surface area contributed by atoms with E-state index in [9.17, 15) is 0 Å². The van der Waals surface area contributed by atoms with E-state index in [1.807, 2.05) is 0 Å². The van der Waals surface area contributed by atoms with Gasteiger partial charge in [-0.05, 0) is 11.8 Å². The molecule has 0 aromatic heterocycles. The summed E-state index contributed by atoms with van der Waals surface area (Å²) in [5.74, 6) is 1.38. The lowest BCUT2D eigenvalue weighted by molar-refractivity contribution is 0.551. The van der Waals surface area contributed by atoms with Gasteiger partial charge in [-0.15, -0.1) is 0 Å². The van der Waals surface area contributed by atoms with E-state index in [0.717, 1.165) is 0 Å². The predicted molar refractivity (Wildman–Crippen MR) is 51.2 cm³/mol. The van der Waals surface area contributed by atoms with E-state index in [1.54, 1.807) is 0 Å². The van der Waals surface area contributed by atoms with Crippen molar-refractivity contribution < 1.29 is 0 Å². The molecule has 0 fully saturated rings. The minimum atomic E-state index is 0. The van der Waals surface area contributed by atoms with Crippen molar-refractivity contribution in [1.29, 1.82) is 0 Å². The van der Waals surface area contributed by atoms with E-state index in [4.69, 9.17) is 0 Å². The molecule has 0 N–H and O–H groups in total. The molecule has 0 aliphatic heterocycles. The molecular weight excluding hydrogens is 188 g/mol. The summed E-state index contributed by atoms with van der Waals surface area (Å²) in [4.78, 5) is 0. The highest BCUT2D eigenvalue weighted by molar-refractivity contribution is 9.11. The molecular formula is C9H15Br. The summed E-state index contributed by atoms with van der Waals surface area (Å²) >= 11 is 3.43. The van der Waals surface area contributed by atoms with E-state index in [2.05, 4.69) is 48.0 Å². The maximum Gasteiger partial charge on any atom is 0.0135 e. The summed E-state index contributed by atoms with van der Waals surface area (Å²) in [5, 5.41) is 0. The molecule has 0 aromatic rings. The monoisotopic (exact) mass is 202 g/mol. The van der Waals surface area contributed by atoms with Crippen LogP contribution >= 0.6 is 15.9 Å². The molecule has 58 valence electrons. The van der Waals surface area contributed by atoms with Crippen molar-refractivity contribution in [3.63, 3.8) is 0 Å². The molecule has 0 heterocycles. The van der Waals surface area contributed by atoms with Crippen molar-refractivity contribution in [2.24, 2.45) is 11.8 Å². The maximum atomic E-state index is 3.43. The molecule has 1 heteroatoms. The lowest BCUT2D eigenvalue weighted by Gasteiger charge is -2.15. The fourth-order valence-electron chi connectivity index (χ4n) is 0.877. The van der Waals surface area contributed by atoms with Crippen molar-refractivity contribution in [2.45, 2.75) is 21.3 Å². The summed E-state index contributed by atoms with van der Waals surface area (Å²) in [5.41, 5.74) is 0. The van der Waals surface area contributed by atoms with Crippen LogP contribution in [0.15, 0.2) is 22.7 Å². The highest BCUT2D eigenvalue weighted by atomic mass is 79.9. The fourth-order valence-corrected chi connectivity index (χ4v) is 1.45. The molecule has 1 rings (SSSR count). The van der Waals surface area contributed by atoms with Gasteiger partial charge in [-0.2, -0.15) is 0 Å². The van der Waals surface area contributed by atoms with Crippen molar-refractivity contribution in [3.05, 3.63) is 22.7 Å². The third-order valence-corrected chi connectivity index (χ3v) is 2.34. The molecule has 0 spiro atoms. The first-order chi connectivity index (χ1) is 4.20. The second kappa shape index (κ2) is 3.97. The predicted octanol–water partition coefficient (Wildman–Crippen LogP) is 3.74. The highest BCUT2D eigenvalue weighted by Gasteiger charge is 2.09. The topological polar surface area (TPSA) is 0 Å². The Morgan fingerprint density at radius 1 is 1.30 bits per heavy atom. The smallest absolute Gasteiger partial charge is 0.0135 e. The van der Waals surface area contributed by atoms with Crippen LogP contribution in [0.4, 0.5) is 0 Å². The van der Waals surface area contributed by atoms with E-state index < -0.39 is 0 Å². The average Bonchev–Trinajstić information content (AvgIpc) is 1.80. The Morgan fingerprint density at radius 3 is 2.30 bits per heavy atom. The molecule has 0 radical (unpaired) electrons. The SMILES string of the molecule is C.CC1C=CC(Br)=CC1C. The Balaban J connectivity index is 0.000000810. The third kappa shape index (κ3) is 2.30. The molecule has 0 aromatic carbocycles. The van der Waals surface area contributed by atoms with Crippen LogP contribution in [-0.4, -0.2) is 0 Å². The zero-order chi connectivity index (χ0) is 6.85. The van der Waals surface area contributed by atoms with Crippen molar-refractivity contribution in [3.8, 4) is 0 Å². The number of hydrogen-bond acceptors (Lipinski definition) is 0. The van der Waals surface area contributed by atoms with Crippen molar-refractivity contribution in [1.82, 2.24) is 0 Å². The van der Waals surface area contributed by atoms with Gasteiger partial charge in [0.2, 0.25) is 0 Å². The summed E-state index contributed by atoms with van der Waals surface area (Å²) in [6.07, 6.45) is 6.59. The lowest BCUT2D eigenvalue weighted by Crippen LogP contribution is -2.04. The van der Waals surface area contributed by atoms with Crippen LogP contribution in [0.1, 0.15) is 21.3 Å². The van der Waals surface area contributed by atoms with Crippen LogP contribution in [0.5, 0.6) is 0 Å². The van der Waals surface area contributed by atoms with Gasteiger partial charge in [0.05, 0.1) is 0 Å². The molecule has 0 amide bonds. The molecule has 10 heavy (non-hydrogen) atoms. The molecule has 0 bridgehead atoms. The lowest BCUT2D eigenvalue weighted by atomic mass is 9.92. The quantitative estimate of drug-likeness (QED) is 0.562. The van der Waals surface area contributed by atoms with E-state index in [-0.39, 0.29) is 7.43 Å². The number of halogens is 1. The van der Waals surface area contributed by atoms with Gasteiger partial charge in [0.15, 0.2) is 0 Å². The summed E-state index contributed by atoms with van der Waals surface area (Å²) in [7, 11) is 0. The van der Waals surface area contributed by atoms with Crippen LogP contribution < -0.4 is 0 Å². The molecule has 1 aliphatic rings. The van der Waals surface area contributed by atoms with Gasteiger partial charge in [0.25, 0.3) is 0 Å². The first-order valence-electron chi connectivity index (χ1n) is 3.25. The van der Waals surface area contributed by atoms with Crippen molar-refractivity contribution in [2.75, 3.05) is 0 Å². The average molecular weight is 203 g/mol. The van der Waals surface area contributed by atoms with E-state index in [1.165, 1.54) is 4.48 Å². The van der Waals surface area contributed by atoms with Gasteiger partial charge in [0.1, 0.15) is 0 Å². The van der Waals surface area contributed by atoms with E-state index in [0.29, 0.717) is 11.8 Å². The third-order valence-electron chi connectivity index (χ3n) is 1.81. The van der Waals surface area contributed by atoms with Crippen LogP contribution in [0.3, 0.4) is 0 Å². The molecule has 0 nitrogen and oxygen atoms in total. The molecule has 0 saturated carbocycles. The maximum absolute atomic E-state index is 3.43. The Kier molecular flexibility index (Phi) is 3.95. The van der Waals surface area contributed by atoms with E-state index >= 15 is 0 Å². The Hall–Kier alpha value is -0.0400. The largest absolute Gasteiger partial charge is 0.0800 e. The van der Waals surface area contributed by atoms with Gasteiger partial charge in [-0.1, -0.05) is 55.4 Å². The first kappa shape index (κ1) is 9.96. The second-order valence-corrected chi connectivity index (χ2v) is 3.54. The highest BCUT2D eigenvalue weighted by Crippen LogP contribution is 2.24.